The highest BCUT2D eigenvalue weighted by Crippen LogP contribution is 2.13. The van der Waals surface area contributed by atoms with Crippen molar-refractivity contribution in [3.63, 3.8) is 0 Å². The highest BCUT2D eigenvalue weighted by Gasteiger charge is 2.14. The van der Waals surface area contributed by atoms with Crippen molar-refractivity contribution in [3.05, 3.63) is 34.3 Å². The Bertz CT molecular complexity index is 518. The summed E-state index contributed by atoms with van der Waals surface area (Å²) in [5.74, 6) is 0.409. The number of carbonyl (C=O) groups is 1. The number of ketones is 1. The van der Waals surface area contributed by atoms with Crippen LogP contribution in [0.5, 0.6) is 0 Å². The summed E-state index contributed by atoms with van der Waals surface area (Å²) in [5, 5.41) is 0. The summed E-state index contributed by atoms with van der Waals surface area (Å²) in [6.45, 7) is 3.76. The number of hydrogen-bond acceptors (Lipinski definition) is 3. The molecule has 0 spiro atoms. The minimum Gasteiger partial charge on any atom is -0.294 e. The third-order valence-electron chi connectivity index (χ3n) is 2.61. The molecule has 1 aromatic rings. The van der Waals surface area contributed by atoms with Crippen LogP contribution in [0.2, 0.25) is 0 Å². The Kier molecular flexibility index (Phi) is 6.20. The van der Waals surface area contributed by atoms with Crippen LogP contribution >= 0.6 is 15.9 Å². The van der Waals surface area contributed by atoms with Crippen LogP contribution in [0.25, 0.3) is 0 Å². The quantitative estimate of drug-likeness (QED) is 0.710. The van der Waals surface area contributed by atoms with E-state index in [2.05, 4.69) is 15.9 Å². The average Bonchev–Trinajstić information content (AvgIpc) is 2.27. The van der Waals surface area contributed by atoms with Crippen LogP contribution < -0.4 is 0 Å². The standard InChI is InChI=1S/C14H19BrO3S/c1-11(2)10-19(17,18)9-3-4-14(16)12-5-7-13(15)8-6-12/h5-8,11H,3-4,9-10H2,1-2H3. The average molecular weight is 347 g/mol. The first kappa shape index (κ1) is 16.4. The van der Waals surface area contributed by atoms with Gasteiger partial charge in [0.1, 0.15) is 0 Å². The SMILES string of the molecule is CC(C)CS(=O)(=O)CCCC(=O)c1ccc(Br)cc1. The molecule has 0 radical (unpaired) electrons. The molecular weight excluding hydrogens is 328 g/mol. The van der Waals surface area contributed by atoms with E-state index in [1.165, 1.54) is 0 Å². The van der Waals surface area contributed by atoms with Gasteiger partial charge in [-0.05, 0) is 24.5 Å². The molecule has 0 N–H and O–H groups in total. The molecule has 0 saturated heterocycles. The van der Waals surface area contributed by atoms with E-state index in [4.69, 9.17) is 0 Å². The lowest BCUT2D eigenvalue weighted by molar-refractivity contribution is 0.0982. The van der Waals surface area contributed by atoms with Crippen molar-refractivity contribution in [1.82, 2.24) is 0 Å². The third kappa shape index (κ3) is 6.34. The van der Waals surface area contributed by atoms with Crippen molar-refractivity contribution in [2.45, 2.75) is 26.7 Å². The Hall–Kier alpha value is -0.680. The van der Waals surface area contributed by atoms with Gasteiger partial charge >= 0.3 is 0 Å². The fraction of sp³-hybridized carbons (Fsp3) is 0.500. The second-order valence-electron chi connectivity index (χ2n) is 5.04. The van der Waals surface area contributed by atoms with Crippen LogP contribution in [0.3, 0.4) is 0 Å². The maximum absolute atomic E-state index is 11.9. The largest absolute Gasteiger partial charge is 0.294 e. The lowest BCUT2D eigenvalue weighted by Crippen LogP contribution is -2.16. The first-order valence-electron chi connectivity index (χ1n) is 6.29. The fourth-order valence-corrected chi connectivity index (χ4v) is 3.85. The summed E-state index contributed by atoms with van der Waals surface area (Å²) < 4.78 is 24.3. The van der Waals surface area contributed by atoms with Gasteiger partial charge < -0.3 is 0 Å². The molecule has 0 aliphatic rings. The summed E-state index contributed by atoms with van der Waals surface area (Å²) in [5.41, 5.74) is 0.629. The van der Waals surface area contributed by atoms with E-state index >= 15 is 0 Å². The number of carbonyl (C=O) groups excluding carboxylic acids is 1. The van der Waals surface area contributed by atoms with Crippen molar-refractivity contribution in [3.8, 4) is 0 Å². The number of hydrogen-bond donors (Lipinski definition) is 0. The van der Waals surface area contributed by atoms with Gasteiger partial charge in [0.25, 0.3) is 0 Å². The number of Topliss-reactive ketones (excluding diaryl/α,β-unsaturated/α-hetero) is 1. The lowest BCUT2D eigenvalue weighted by Gasteiger charge is -2.06. The van der Waals surface area contributed by atoms with Crippen molar-refractivity contribution >= 4 is 31.6 Å². The Labute approximate surface area is 123 Å². The van der Waals surface area contributed by atoms with Crippen molar-refractivity contribution in [2.24, 2.45) is 5.92 Å². The van der Waals surface area contributed by atoms with E-state index in [0.29, 0.717) is 12.0 Å². The van der Waals surface area contributed by atoms with E-state index in [-0.39, 0.29) is 29.6 Å². The topological polar surface area (TPSA) is 51.2 Å². The molecule has 19 heavy (non-hydrogen) atoms. The number of sulfone groups is 1. The van der Waals surface area contributed by atoms with Crippen LogP contribution in [0.15, 0.2) is 28.7 Å². The van der Waals surface area contributed by atoms with E-state index in [1.54, 1.807) is 12.1 Å². The molecule has 0 atom stereocenters. The highest BCUT2D eigenvalue weighted by atomic mass is 79.9. The van der Waals surface area contributed by atoms with Crippen molar-refractivity contribution < 1.29 is 13.2 Å². The van der Waals surface area contributed by atoms with Gasteiger partial charge in [-0.25, -0.2) is 8.42 Å². The normalized spacial score (nSPS) is 11.8. The van der Waals surface area contributed by atoms with Crippen LogP contribution in [0.4, 0.5) is 0 Å². The molecule has 0 amide bonds. The molecule has 5 heteroatoms. The van der Waals surface area contributed by atoms with Gasteiger partial charge in [0.05, 0.1) is 11.5 Å². The van der Waals surface area contributed by atoms with Gasteiger partial charge in [0, 0.05) is 16.5 Å². The Morgan fingerprint density at radius 2 is 1.79 bits per heavy atom. The molecule has 0 aromatic heterocycles. The smallest absolute Gasteiger partial charge is 0.162 e. The minimum atomic E-state index is -3.03. The summed E-state index contributed by atoms with van der Waals surface area (Å²) in [7, 11) is -3.03. The number of halogens is 1. The second kappa shape index (κ2) is 7.20. The van der Waals surface area contributed by atoms with Gasteiger partial charge in [0.15, 0.2) is 15.6 Å². The van der Waals surface area contributed by atoms with Crippen LogP contribution in [0, 0.1) is 5.92 Å². The molecule has 0 saturated carbocycles. The van der Waals surface area contributed by atoms with E-state index in [1.807, 2.05) is 26.0 Å². The number of rotatable bonds is 7. The maximum atomic E-state index is 11.9. The Balaban J connectivity index is 2.45. The predicted octanol–water partition coefficient (Wildman–Crippen LogP) is 3.48. The van der Waals surface area contributed by atoms with Gasteiger partial charge in [-0.15, -0.1) is 0 Å². The molecule has 106 valence electrons. The molecule has 0 aliphatic heterocycles. The predicted molar refractivity (Wildman–Crippen MR) is 81.2 cm³/mol. The van der Waals surface area contributed by atoms with Gasteiger partial charge in [-0.2, -0.15) is 0 Å². The molecule has 1 aromatic carbocycles. The first-order chi connectivity index (χ1) is 8.80. The summed E-state index contributed by atoms with van der Waals surface area (Å²) in [6, 6.07) is 7.11. The van der Waals surface area contributed by atoms with Gasteiger partial charge in [0.2, 0.25) is 0 Å². The summed E-state index contributed by atoms with van der Waals surface area (Å²) in [6.07, 6.45) is 0.670. The zero-order valence-corrected chi connectivity index (χ0v) is 13.6. The third-order valence-corrected chi connectivity index (χ3v) is 5.23. The molecule has 0 heterocycles. The van der Waals surface area contributed by atoms with E-state index < -0.39 is 9.84 Å². The van der Waals surface area contributed by atoms with Crippen LogP contribution in [0.1, 0.15) is 37.0 Å². The molecule has 3 nitrogen and oxygen atoms in total. The summed E-state index contributed by atoms with van der Waals surface area (Å²) >= 11 is 3.31. The van der Waals surface area contributed by atoms with Crippen molar-refractivity contribution in [2.75, 3.05) is 11.5 Å². The fourth-order valence-electron chi connectivity index (χ4n) is 1.82. The maximum Gasteiger partial charge on any atom is 0.162 e. The Morgan fingerprint density at radius 3 is 2.32 bits per heavy atom. The summed E-state index contributed by atoms with van der Waals surface area (Å²) in [4.78, 5) is 11.9. The minimum absolute atomic E-state index is 0.00718. The Morgan fingerprint density at radius 1 is 1.21 bits per heavy atom. The second-order valence-corrected chi connectivity index (χ2v) is 8.19. The molecule has 0 aliphatic carbocycles. The zero-order valence-electron chi connectivity index (χ0n) is 11.2. The van der Waals surface area contributed by atoms with Crippen LogP contribution in [-0.2, 0) is 9.84 Å². The van der Waals surface area contributed by atoms with E-state index in [9.17, 15) is 13.2 Å². The van der Waals surface area contributed by atoms with E-state index in [0.717, 1.165) is 4.47 Å². The van der Waals surface area contributed by atoms with Crippen LogP contribution in [-0.4, -0.2) is 25.7 Å². The van der Waals surface area contributed by atoms with Gasteiger partial charge in [-0.1, -0.05) is 41.9 Å². The highest BCUT2D eigenvalue weighted by molar-refractivity contribution is 9.10. The number of benzene rings is 1. The molecule has 0 unspecified atom stereocenters. The molecule has 1 rings (SSSR count). The monoisotopic (exact) mass is 346 g/mol. The van der Waals surface area contributed by atoms with Crippen molar-refractivity contribution in [1.29, 1.82) is 0 Å². The lowest BCUT2D eigenvalue weighted by atomic mass is 10.1. The zero-order chi connectivity index (χ0) is 14.5. The molecular formula is C14H19BrO3S. The molecule has 0 bridgehead atoms. The van der Waals surface area contributed by atoms with Gasteiger partial charge in [-0.3, -0.25) is 4.79 Å². The first-order valence-corrected chi connectivity index (χ1v) is 8.91. The molecule has 0 fully saturated rings.